The monoisotopic (exact) mass is 290 g/mol. The summed E-state index contributed by atoms with van der Waals surface area (Å²) in [5.41, 5.74) is -1.12. The molecule has 0 bridgehead atoms. The first-order chi connectivity index (χ1) is 10.1. The Kier molecular flexibility index (Phi) is 3.53. The van der Waals surface area contributed by atoms with Crippen LogP contribution >= 0.6 is 0 Å². The van der Waals surface area contributed by atoms with Gasteiger partial charge in [0, 0.05) is 6.07 Å². The first-order valence-electron chi connectivity index (χ1n) is 7.37. The van der Waals surface area contributed by atoms with Gasteiger partial charge in [-0.3, -0.25) is 14.8 Å². The van der Waals surface area contributed by atoms with E-state index in [-0.39, 0.29) is 11.1 Å². The van der Waals surface area contributed by atoms with Crippen molar-refractivity contribution in [2.24, 2.45) is 11.8 Å². The second kappa shape index (κ2) is 5.35. The first-order valence-corrected chi connectivity index (χ1v) is 7.37. The maximum atomic E-state index is 11.9. The molecule has 0 spiro atoms. The average Bonchev–Trinajstić information content (AvgIpc) is 3.15. The summed E-state index contributed by atoms with van der Waals surface area (Å²) in [7, 11) is 0. The van der Waals surface area contributed by atoms with E-state index in [1.165, 1.54) is 18.9 Å². The van der Waals surface area contributed by atoms with Crippen LogP contribution < -0.4 is 16.9 Å². The van der Waals surface area contributed by atoms with E-state index in [4.69, 9.17) is 4.42 Å². The molecule has 1 aliphatic carbocycles. The maximum Gasteiger partial charge on any atom is 0.337 e. The number of H-pyrrole nitrogens is 2. The zero-order chi connectivity index (χ0) is 15.0. The lowest BCUT2D eigenvalue weighted by atomic mass is 10.0. The second-order valence-corrected chi connectivity index (χ2v) is 5.76. The Labute approximate surface area is 120 Å². The summed E-state index contributed by atoms with van der Waals surface area (Å²) < 4.78 is 4.91. The predicted molar refractivity (Wildman–Crippen MR) is 78.6 cm³/mol. The summed E-state index contributed by atoms with van der Waals surface area (Å²) in [5.74, 6) is 1.64. The number of nitrogens with one attached hydrogen (secondary N) is 2. The molecular formula is C15H18N2O4. The van der Waals surface area contributed by atoms with Gasteiger partial charge in [-0.25, -0.2) is 9.59 Å². The van der Waals surface area contributed by atoms with E-state index in [1.54, 1.807) is 0 Å². The van der Waals surface area contributed by atoms with Gasteiger partial charge in [0.2, 0.25) is 5.71 Å². The van der Waals surface area contributed by atoms with Crippen LogP contribution in [0.25, 0.3) is 11.1 Å². The number of aryl methyl sites for hydroxylation is 1. The Morgan fingerprint density at radius 2 is 2.05 bits per heavy atom. The van der Waals surface area contributed by atoms with E-state index < -0.39 is 16.9 Å². The molecule has 21 heavy (non-hydrogen) atoms. The molecule has 2 aromatic heterocycles. The number of fused-ring (bicyclic) bond motifs is 1. The molecule has 112 valence electrons. The fourth-order valence-electron chi connectivity index (χ4n) is 3.09. The Bertz CT molecular complexity index is 825. The summed E-state index contributed by atoms with van der Waals surface area (Å²) in [5, 5.41) is 0.275. The lowest BCUT2D eigenvalue weighted by molar-refractivity contribution is 0.542. The summed E-state index contributed by atoms with van der Waals surface area (Å²) >= 11 is 0. The lowest BCUT2D eigenvalue weighted by Gasteiger charge is -2.04. The largest absolute Gasteiger partial charge is 0.405 e. The van der Waals surface area contributed by atoms with E-state index in [9.17, 15) is 14.4 Å². The molecule has 2 N–H and O–H groups in total. The minimum absolute atomic E-state index is 0.0379. The topological polar surface area (TPSA) is 95.9 Å². The highest BCUT2D eigenvalue weighted by atomic mass is 16.4. The van der Waals surface area contributed by atoms with Crippen LogP contribution in [0.5, 0.6) is 0 Å². The van der Waals surface area contributed by atoms with Crippen molar-refractivity contribution in [1.29, 1.82) is 0 Å². The van der Waals surface area contributed by atoms with Gasteiger partial charge in [0.15, 0.2) is 0 Å². The van der Waals surface area contributed by atoms with Crippen LogP contribution in [0.4, 0.5) is 0 Å². The van der Waals surface area contributed by atoms with Gasteiger partial charge in [0.25, 0.3) is 5.56 Å². The van der Waals surface area contributed by atoms with Crippen molar-refractivity contribution in [3.63, 3.8) is 0 Å². The fraction of sp³-hybridized carbons (Fsp3) is 0.533. The molecule has 6 nitrogen and oxygen atoms in total. The van der Waals surface area contributed by atoms with Crippen LogP contribution in [0.15, 0.2) is 24.9 Å². The van der Waals surface area contributed by atoms with Crippen molar-refractivity contribution in [2.45, 2.75) is 39.0 Å². The summed E-state index contributed by atoms with van der Waals surface area (Å²) in [6, 6.07) is 1.35. The van der Waals surface area contributed by atoms with E-state index in [0.717, 1.165) is 24.7 Å². The third-order valence-corrected chi connectivity index (χ3v) is 4.34. The maximum absolute atomic E-state index is 11.9. The van der Waals surface area contributed by atoms with Gasteiger partial charge in [-0.15, -0.1) is 0 Å². The smallest absolute Gasteiger partial charge is 0.337 e. The number of aromatic amines is 2. The minimum atomic E-state index is -0.670. The molecule has 2 unspecified atom stereocenters. The summed E-state index contributed by atoms with van der Waals surface area (Å²) in [6.45, 7) is 2.20. The predicted octanol–water partition coefficient (Wildman–Crippen LogP) is 1.54. The summed E-state index contributed by atoms with van der Waals surface area (Å²) in [6.07, 6.45) is 5.20. The Hall–Kier alpha value is -2.11. The van der Waals surface area contributed by atoms with Crippen LogP contribution in [0.1, 0.15) is 38.2 Å². The molecule has 0 aliphatic heterocycles. The fourth-order valence-corrected chi connectivity index (χ4v) is 3.09. The van der Waals surface area contributed by atoms with Crippen molar-refractivity contribution in [3.05, 3.63) is 42.9 Å². The van der Waals surface area contributed by atoms with Gasteiger partial charge < -0.3 is 4.42 Å². The normalized spacial score (nSPS) is 20.8. The third kappa shape index (κ3) is 2.84. The van der Waals surface area contributed by atoms with E-state index >= 15 is 0 Å². The van der Waals surface area contributed by atoms with Gasteiger partial charge in [0.05, 0.1) is 0 Å². The molecule has 1 fully saturated rings. The molecule has 1 aliphatic rings. The number of hydrogen-bond acceptors (Lipinski definition) is 4. The van der Waals surface area contributed by atoms with Gasteiger partial charge in [-0.2, -0.15) is 0 Å². The SMILES string of the molecule is CCC1CC1CCCc1cc(=O)oc2[nH]c(=O)[nH]c(=O)c12. The zero-order valence-electron chi connectivity index (χ0n) is 11.9. The second-order valence-electron chi connectivity index (χ2n) is 5.76. The summed E-state index contributed by atoms with van der Waals surface area (Å²) in [4.78, 5) is 39.2. The van der Waals surface area contributed by atoms with Gasteiger partial charge in [-0.1, -0.05) is 13.3 Å². The zero-order valence-corrected chi connectivity index (χ0v) is 11.9. The van der Waals surface area contributed by atoms with Crippen molar-refractivity contribution in [1.82, 2.24) is 9.97 Å². The van der Waals surface area contributed by atoms with Gasteiger partial charge in [0.1, 0.15) is 5.39 Å². The molecule has 0 amide bonds. The molecular weight excluding hydrogens is 272 g/mol. The Morgan fingerprint density at radius 1 is 1.24 bits per heavy atom. The lowest BCUT2D eigenvalue weighted by Crippen LogP contribution is -2.24. The quantitative estimate of drug-likeness (QED) is 0.873. The number of rotatable bonds is 5. The molecule has 2 aromatic rings. The van der Waals surface area contributed by atoms with Crippen LogP contribution in [-0.2, 0) is 6.42 Å². The Balaban J connectivity index is 1.86. The molecule has 0 saturated heterocycles. The van der Waals surface area contributed by atoms with Crippen molar-refractivity contribution in [2.75, 3.05) is 0 Å². The van der Waals surface area contributed by atoms with E-state index in [1.807, 2.05) is 0 Å². The standard InChI is InChI=1S/C15H18N2O4/c1-2-8-6-9(8)4-3-5-10-7-11(18)21-14-12(10)13(19)16-15(20)17-14/h7-9H,2-6H2,1H3,(H2,16,17,19,20). The van der Waals surface area contributed by atoms with Crippen LogP contribution in [0.2, 0.25) is 0 Å². The molecule has 6 heteroatoms. The highest BCUT2D eigenvalue weighted by molar-refractivity contribution is 5.75. The molecule has 3 rings (SSSR count). The molecule has 0 aromatic carbocycles. The first kappa shape index (κ1) is 13.9. The van der Waals surface area contributed by atoms with Crippen molar-refractivity contribution in [3.8, 4) is 0 Å². The molecule has 0 radical (unpaired) electrons. The van der Waals surface area contributed by atoms with Crippen LogP contribution in [0.3, 0.4) is 0 Å². The number of aromatic nitrogens is 2. The minimum Gasteiger partial charge on any atom is -0.405 e. The van der Waals surface area contributed by atoms with Crippen LogP contribution in [-0.4, -0.2) is 9.97 Å². The highest BCUT2D eigenvalue weighted by Crippen LogP contribution is 2.44. The Morgan fingerprint density at radius 3 is 2.76 bits per heavy atom. The van der Waals surface area contributed by atoms with Gasteiger partial charge in [-0.05, 0) is 43.1 Å². The molecule has 2 heterocycles. The number of hydrogen-bond donors (Lipinski definition) is 2. The molecule has 1 saturated carbocycles. The highest BCUT2D eigenvalue weighted by Gasteiger charge is 2.34. The third-order valence-electron chi connectivity index (χ3n) is 4.34. The van der Waals surface area contributed by atoms with E-state index in [2.05, 4.69) is 16.9 Å². The van der Waals surface area contributed by atoms with Crippen molar-refractivity contribution >= 4 is 11.1 Å². The van der Waals surface area contributed by atoms with Crippen LogP contribution in [0, 0.1) is 11.8 Å². The van der Waals surface area contributed by atoms with E-state index in [0.29, 0.717) is 12.0 Å². The average molecular weight is 290 g/mol. The molecule has 2 atom stereocenters. The van der Waals surface area contributed by atoms with Crippen molar-refractivity contribution < 1.29 is 4.42 Å². The van der Waals surface area contributed by atoms with Gasteiger partial charge >= 0.3 is 11.3 Å².